The van der Waals surface area contributed by atoms with E-state index >= 15 is 0 Å². The van der Waals surface area contributed by atoms with Crippen molar-refractivity contribution in [2.75, 3.05) is 6.54 Å². The van der Waals surface area contributed by atoms with Gasteiger partial charge in [-0.3, -0.25) is 0 Å². The molecule has 0 saturated heterocycles. The summed E-state index contributed by atoms with van der Waals surface area (Å²) in [6.45, 7) is 1.58. The summed E-state index contributed by atoms with van der Waals surface area (Å²) in [6.07, 6.45) is 2.13. The van der Waals surface area contributed by atoms with Gasteiger partial charge in [-0.05, 0) is 42.2 Å². The Bertz CT molecular complexity index is 613. The van der Waals surface area contributed by atoms with E-state index in [4.69, 9.17) is 16.3 Å². The molecular formula is C17H18ClNO2. The Morgan fingerprint density at radius 2 is 2.00 bits per heavy atom. The first kappa shape index (κ1) is 14.2. The van der Waals surface area contributed by atoms with E-state index in [2.05, 4.69) is 5.32 Å². The van der Waals surface area contributed by atoms with Crippen LogP contribution in [0.2, 0.25) is 5.02 Å². The molecule has 2 aromatic rings. The highest BCUT2D eigenvalue weighted by molar-refractivity contribution is 6.30. The third kappa shape index (κ3) is 3.69. The van der Waals surface area contributed by atoms with Crippen LogP contribution in [0.5, 0.6) is 11.5 Å². The predicted octanol–water partition coefficient (Wildman–Crippen LogP) is 3.53. The molecule has 3 nitrogen and oxygen atoms in total. The van der Waals surface area contributed by atoms with Crippen LogP contribution in [0.15, 0.2) is 42.5 Å². The third-order valence-corrected chi connectivity index (χ3v) is 3.95. The van der Waals surface area contributed by atoms with E-state index in [1.165, 1.54) is 11.1 Å². The molecule has 0 aliphatic carbocycles. The molecule has 3 rings (SSSR count). The molecule has 21 heavy (non-hydrogen) atoms. The fourth-order valence-electron chi connectivity index (χ4n) is 2.54. The average Bonchev–Trinajstić information content (AvgIpc) is 2.49. The Hall–Kier alpha value is -1.71. The number of benzene rings is 2. The standard InChI is InChI=1S/C17H18ClNO2/c18-14-5-1-12(2-6-14)10-19-11-16-8-4-13-3-7-15(20)9-17(13)21-16/h1-3,5-7,9,16,19-20H,4,8,10-11H2. The second-order valence-electron chi connectivity index (χ2n) is 5.33. The van der Waals surface area contributed by atoms with E-state index < -0.39 is 0 Å². The molecule has 2 N–H and O–H groups in total. The quantitative estimate of drug-likeness (QED) is 0.908. The van der Waals surface area contributed by atoms with Crippen molar-refractivity contribution in [3.63, 3.8) is 0 Å². The van der Waals surface area contributed by atoms with Crippen LogP contribution in [0.1, 0.15) is 17.5 Å². The number of phenolic OH excluding ortho intramolecular Hbond substituents is 1. The molecule has 0 spiro atoms. The van der Waals surface area contributed by atoms with Gasteiger partial charge in [0.05, 0.1) is 0 Å². The molecule has 1 atom stereocenters. The monoisotopic (exact) mass is 303 g/mol. The van der Waals surface area contributed by atoms with Gasteiger partial charge in [0.1, 0.15) is 17.6 Å². The van der Waals surface area contributed by atoms with Gasteiger partial charge in [0.25, 0.3) is 0 Å². The van der Waals surface area contributed by atoms with Crippen LogP contribution >= 0.6 is 11.6 Å². The molecule has 110 valence electrons. The topological polar surface area (TPSA) is 41.5 Å². The molecule has 0 bridgehead atoms. The fourth-order valence-corrected chi connectivity index (χ4v) is 2.66. The van der Waals surface area contributed by atoms with Gasteiger partial charge >= 0.3 is 0 Å². The minimum atomic E-state index is 0.145. The zero-order valence-electron chi connectivity index (χ0n) is 11.7. The van der Waals surface area contributed by atoms with Crippen molar-refractivity contribution in [2.24, 2.45) is 0 Å². The van der Waals surface area contributed by atoms with Crippen molar-refractivity contribution in [2.45, 2.75) is 25.5 Å². The maximum absolute atomic E-state index is 9.52. The van der Waals surface area contributed by atoms with Crippen LogP contribution in [0.3, 0.4) is 0 Å². The molecule has 0 radical (unpaired) electrons. The van der Waals surface area contributed by atoms with Gasteiger partial charge in [0, 0.05) is 24.2 Å². The number of ether oxygens (including phenoxy) is 1. The number of hydrogen-bond donors (Lipinski definition) is 2. The number of rotatable bonds is 4. The smallest absolute Gasteiger partial charge is 0.126 e. The molecule has 0 saturated carbocycles. The second kappa shape index (κ2) is 6.37. The van der Waals surface area contributed by atoms with E-state index in [-0.39, 0.29) is 11.9 Å². The summed E-state index contributed by atoms with van der Waals surface area (Å²) in [5.74, 6) is 1.06. The van der Waals surface area contributed by atoms with E-state index in [1.54, 1.807) is 12.1 Å². The molecule has 1 unspecified atom stereocenters. The lowest BCUT2D eigenvalue weighted by atomic mass is 10.0. The van der Waals surface area contributed by atoms with Gasteiger partial charge in [-0.25, -0.2) is 0 Å². The van der Waals surface area contributed by atoms with Crippen molar-refractivity contribution in [1.29, 1.82) is 0 Å². The lowest BCUT2D eigenvalue weighted by Crippen LogP contribution is -2.33. The zero-order valence-corrected chi connectivity index (χ0v) is 12.4. The van der Waals surface area contributed by atoms with Crippen LogP contribution in [0, 0.1) is 0 Å². The zero-order chi connectivity index (χ0) is 14.7. The third-order valence-electron chi connectivity index (χ3n) is 3.69. The normalized spacial score (nSPS) is 17.1. The van der Waals surface area contributed by atoms with Gasteiger partial charge in [-0.1, -0.05) is 29.8 Å². The summed E-state index contributed by atoms with van der Waals surface area (Å²) in [6, 6.07) is 13.2. The first-order valence-corrected chi connectivity index (χ1v) is 7.52. The Kier molecular flexibility index (Phi) is 4.32. The lowest BCUT2D eigenvalue weighted by Gasteiger charge is -2.26. The molecular weight excluding hydrogens is 286 g/mol. The SMILES string of the molecule is Oc1ccc2c(c1)OC(CNCc1ccc(Cl)cc1)CC2. The molecule has 0 aromatic heterocycles. The summed E-state index contributed by atoms with van der Waals surface area (Å²) in [5.41, 5.74) is 2.37. The Balaban J connectivity index is 1.52. The first-order chi connectivity index (χ1) is 10.2. The van der Waals surface area contributed by atoms with Crippen LogP contribution in [0.25, 0.3) is 0 Å². The average molecular weight is 304 g/mol. The van der Waals surface area contributed by atoms with Gasteiger partial charge in [0.2, 0.25) is 0 Å². The van der Waals surface area contributed by atoms with E-state index in [9.17, 15) is 5.11 Å². The Morgan fingerprint density at radius 3 is 2.81 bits per heavy atom. The number of aromatic hydroxyl groups is 1. The summed E-state index contributed by atoms with van der Waals surface area (Å²) in [5, 5.41) is 13.7. The molecule has 1 aliphatic rings. The fraction of sp³-hybridized carbons (Fsp3) is 0.294. The largest absolute Gasteiger partial charge is 0.508 e. The van der Waals surface area contributed by atoms with Crippen molar-refractivity contribution in [3.05, 3.63) is 58.6 Å². The maximum atomic E-state index is 9.52. The highest BCUT2D eigenvalue weighted by Gasteiger charge is 2.19. The molecule has 2 aromatic carbocycles. The molecule has 1 heterocycles. The van der Waals surface area contributed by atoms with Crippen LogP contribution in [-0.2, 0) is 13.0 Å². The minimum Gasteiger partial charge on any atom is -0.508 e. The van der Waals surface area contributed by atoms with Crippen LogP contribution < -0.4 is 10.1 Å². The van der Waals surface area contributed by atoms with Crippen LogP contribution in [-0.4, -0.2) is 17.8 Å². The molecule has 4 heteroatoms. The molecule has 0 fully saturated rings. The molecule has 0 amide bonds. The summed E-state index contributed by atoms with van der Waals surface area (Å²) in [4.78, 5) is 0. The van der Waals surface area contributed by atoms with Crippen molar-refractivity contribution >= 4 is 11.6 Å². The Labute approximate surface area is 129 Å². The van der Waals surface area contributed by atoms with E-state index in [0.29, 0.717) is 0 Å². The number of aryl methyl sites for hydroxylation is 1. The summed E-state index contributed by atoms with van der Waals surface area (Å²) < 4.78 is 5.93. The van der Waals surface area contributed by atoms with Crippen molar-refractivity contribution in [3.8, 4) is 11.5 Å². The number of nitrogens with one attached hydrogen (secondary N) is 1. The number of hydrogen-bond acceptors (Lipinski definition) is 3. The van der Waals surface area contributed by atoms with Gasteiger partial charge in [-0.15, -0.1) is 0 Å². The molecule has 1 aliphatic heterocycles. The number of halogens is 1. The van der Waals surface area contributed by atoms with E-state index in [1.807, 2.05) is 30.3 Å². The number of fused-ring (bicyclic) bond motifs is 1. The van der Waals surface area contributed by atoms with Crippen LogP contribution in [0.4, 0.5) is 0 Å². The van der Waals surface area contributed by atoms with E-state index in [0.717, 1.165) is 36.7 Å². The first-order valence-electron chi connectivity index (χ1n) is 7.14. The number of phenols is 1. The highest BCUT2D eigenvalue weighted by atomic mass is 35.5. The summed E-state index contributed by atoms with van der Waals surface area (Å²) >= 11 is 5.87. The van der Waals surface area contributed by atoms with Crippen molar-refractivity contribution in [1.82, 2.24) is 5.32 Å². The Morgan fingerprint density at radius 1 is 1.19 bits per heavy atom. The second-order valence-corrected chi connectivity index (χ2v) is 5.76. The van der Waals surface area contributed by atoms with Crippen molar-refractivity contribution < 1.29 is 9.84 Å². The van der Waals surface area contributed by atoms with Gasteiger partial charge in [0.15, 0.2) is 0 Å². The minimum absolute atomic E-state index is 0.145. The maximum Gasteiger partial charge on any atom is 0.126 e. The predicted molar refractivity (Wildman–Crippen MR) is 84.0 cm³/mol. The van der Waals surface area contributed by atoms with Gasteiger partial charge < -0.3 is 15.2 Å². The lowest BCUT2D eigenvalue weighted by molar-refractivity contribution is 0.169. The highest BCUT2D eigenvalue weighted by Crippen LogP contribution is 2.30. The summed E-state index contributed by atoms with van der Waals surface area (Å²) in [7, 11) is 0. The van der Waals surface area contributed by atoms with Gasteiger partial charge in [-0.2, -0.15) is 0 Å².